The molecule has 2 heterocycles. The second-order valence-electron chi connectivity index (χ2n) is 4.69. The maximum absolute atomic E-state index is 11.9. The number of piperidine rings is 1. The highest BCUT2D eigenvalue weighted by molar-refractivity contribution is 7.12. The van der Waals surface area contributed by atoms with E-state index in [1.54, 1.807) is 0 Å². The summed E-state index contributed by atoms with van der Waals surface area (Å²) in [5.41, 5.74) is 1.08. The van der Waals surface area contributed by atoms with Crippen molar-refractivity contribution < 1.29 is 4.79 Å². The molecule has 1 aromatic heterocycles. The molecule has 0 bridgehead atoms. The summed E-state index contributed by atoms with van der Waals surface area (Å²) < 4.78 is 0. The molecule has 1 atom stereocenters. The third-order valence-electron chi connectivity index (χ3n) is 3.31. The lowest BCUT2D eigenvalue weighted by Crippen LogP contribution is -2.33. The Labute approximate surface area is 119 Å². The molecule has 1 fully saturated rings. The monoisotopic (exact) mass is 288 g/mol. The Hall–Kier alpha value is -0.580. The van der Waals surface area contributed by atoms with Gasteiger partial charge in [-0.3, -0.25) is 4.79 Å². The fraction of sp³-hybridized carbons (Fsp3) is 0.615. The normalized spacial score (nSPS) is 19.1. The molecule has 1 unspecified atom stereocenters. The molecule has 0 aromatic carbocycles. The molecular formula is C13H21ClN2OS. The Bertz CT molecular complexity index is 375. The van der Waals surface area contributed by atoms with Crippen LogP contribution in [0.15, 0.2) is 11.4 Å². The Balaban J connectivity index is 0.00000162. The predicted molar refractivity (Wildman–Crippen MR) is 78.8 cm³/mol. The van der Waals surface area contributed by atoms with Crippen LogP contribution in [0.1, 0.15) is 34.5 Å². The second kappa shape index (κ2) is 7.77. The first-order valence-corrected chi connectivity index (χ1v) is 7.18. The third kappa shape index (κ3) is 4.26. The summed E-state index contributed by atoms with van der Waals surface area (Å²) in [6.45, 7) is 5.03. The molecule has 102 valence electrons. The van der Waals surface area contributed by atoms with Gasteiger partial charge in [-0.1, -0.05) is 0 Å². The van der Waals surface area contributed by atoms with Crippen molar-refractivity contribution in [3.05, 3.63) is 21.9 Å². The zero-order valence-corrected chi connectivity index (χ0v) is 12.3. The lowest BCUT2D eigenvalue weighted by atomic mass is 9.96. The van der Waals surface area contributed by atoms with E-state index < -0.39 is 0 Å². The van der Waals surface area contributed by atoms with Crippen LogP contribution in [0.5, 0.6) is 0 Å². The van der Waals surface area contributed by atoms with Crippen LogP contribution in [0.3, 0.4) is 0 Å². The third-order valence-corrected chi connectivity index (χ3v) is 4.32. The van der Waals surface area contributed by atoms with Crippen molar-refractivity contribution in [2.45, 2.75) is 26.2 Å². The van der Waals surface area contributed by atoms with Crippen LogP contribution >= 0.6 is 23.7 Å². The van der Waals surface area contributed by atoms with E-state index >= 15 is 0 Å². The first-order chi connectivity index (χ1) is 8.27. The number of amides is 1. The number of aryl methyl sites for hydroxylation is 1. The van der Waals surface area contributed by atoms with Gasteiger partial charge < -0.3 is 10.6 Å². The van der Waals surface area contributed by atoms with Gasteiger partial charge in [0.2, 0.25) is 0 Å². The van der Waals surface area contributed by atoms with Crippen molar-refractivity contribution in [2.24, 2.45) is 5.92 Å². The fourth-order valence-electron chi connectivity index (χ4n) is 2.25. The van der Waals surface area contributed by atoms with E-state index in [1.807, 2.05) is 18.4 Å². The number of carbonyl (C=O) groups is 1. The van der Waals surface area contributed by atoms with E-state index in [4.69, 9.17) is 0 Å². The van der Waals surface area contributed by atoms with E-state index in [-0.39, 0.29) is 18.3 Å². The van der Waals surface area contributed by atoms with Crippen molar-refractivity contribution in [1.29, 1.82) is 0 Å². The van der Waals surface area contributed by atoms with Crippen LogP contribution < -0.4 is 10.6 Å². The average molecular weight is 289 g/mol. The molecule has 2 N–H and O–H groups in total. The summed E-state index contributed by atoms with van der Waals surface area (Å²) in [5.74, 6) is 0.815. The summed E-state index contributed by atoms with van der Waals surface area (Å²) in [6.07, 6.45) is 3.65. The summed E-state index contributed by atoms with van der Waals surface area (Å²) in [6, 6.07) is 1.99. The lowest BCUT2D eigenvalue weighted by molar-refractivity contribution is 0.0954. The Morgan fingerprint density at radius 3 is 3.06 bits per heavy atom. The van der Waals surface area contributed by atoms with Crippen LogP contribution in [0.2, 0.25) is 0 Å². The number of halogens is 1. The molecule has 1 amide bonds. The minimum Gasteiger partial charge on any atom is -0.351 e. The number of hydrogen-bond donors (Lipinski definition) is 2. The van der Waals surface area contributed by atoms with Crippen LogP contribution in [0, 0.1) is 12.8 Å². The zero-order chi connectivity index (χ0) is 12.1. The van der Waals surface area contributed by atoms with Gasteiger partial charge in [0, 0.05) is 6.54 Å². The molecule has 3 nitrogen and oxygen atoms in total. The van der Waals surface area contributed by atoms with Gasteiger partial charge in [0.25, 0.3) is 5.91 Å². The maximum atomic E-state index is 11.9. The lowest BCUT2D eigenvalue weighted by Gasteiger charge is -2.22. The Morgan fingerprint density at radius 2 is 2.44 bits per heavy atom. The molecule has 5 heteroatoms. The van der Waals surface area contributed by atoms with Gasteiger partial charge >= 0.3 is 0 Å². The smallest absolute Gasteiger partial charge is 0.261 e. The summed E-state index contributed by atoms with van der Waals surface area (Å²) >= 11 is 1.52. The first kappa shape index (κ1) is 15.5. The first-order valence-electron chi connectivity index (χ1n) is 6.30. The van der Waals surface area contributed by atoms with Crippen molar-refractivity contribution >= 4 is 29.7 Å². The molecule has 1 aliphatic heterocycles. The highest BCUT2D eigenvalue weighted by Crippen LogP contribution is 2.16. The van der Waals surface area contributed by atoms with Crippen molar-refractivity contribution in [3.8, 4) is 0 Å². The number of hydrogen-bond acceptors (Lipinski definition) is 3. The predicted octanol–water partition coefficient (Wildman–Crippen LogP) is 2.60. The minimum absolute atomic E-state index is 0. The topological polar surface area (TPSA) is 41.1 Å². The van der Waals surface area contributed by atoms with E-state index in [0.717, 1.165) is 42.4 Å². The second-order valence-corrected chi connectivity index (χ2v) is 5.61. The van der Waals surface area contributed by atoms with Crippen LogP contribution in [0.25, 0.3) is 0 Å². The number of carbonyl (C=O) groups excluding carboxylic acids is 1. The summed E-state index contributed by atoms with van der Waals surface area (Å²) in [4.78, 5) is 12.7. The molecule has 2 rings (SSSR count). The molecule has 18 heavy (non-hydrogen) atoms. The van der Waals surface area contributed by atoms with Crippen molar-refractivity contribution in [1.82, 2.24) is 10.6 Å². The summed E-state index contributed by atoms with van der Waals surface area (Å²) in [5, 5.41) is 8.38. The Kier molecular flexibility index (Phi) is 6.68. The summed E-state index contributed by atoms with van der Waals surface area (Å²) in [7, 11) is 0. The van der Waals surface area contributed by atoms with Gasteiger partial charge in [0.1, 0.15) is 0 Å². The molecule has 1 aliphatic rings. The van der Waals surface area contributed by atoms with E-state index in [1.165, 1.54) is 24.2 Å². The van der Waals surface area contributed by atoms with Crippen molar-refractivity contribution in [3.63, 3.8) is 0 Å². The maximum Gasteiger partial charge on any atom is 0.261 e. The van der Waals surface area contributed by atoms with Crippen LogP contribution in [-0.4, -0.2) is 25.5 Å². The zero-order valence-electron chi connectivity index (χ0n) is 10.7. The van der Waals surface area contributed by atoms with Crippen LogP contribution in [0.4, 0.5) is 0 Å². The van der Waals surface area contributed by atoms with Gasteiger partial charge in [-0.25, -0.2) is 0 Å². The van der Waals surface area contributed by atoms with E-state index in [2.05, 4.69) is 10.6 Å². The molecule has 0 radical (unpaired) electrons. The van der Waals surface area contributed by atoms with Gasteiger partial charge in [0.05, 0.1) is 4.88 Å². The quantitative estimate of drug-likeness (QED) is 0.894. The van der Waals surface area contributed by atoms with Crippen molar-refractivity contribution in [2.75, 3.05) is 19.6 Å². The van der Waals surface area contributed by atoms with Gasteiger partial charge in [0.15, 0.2) is 0 Å². The van der Waals surface area contributed by atoms with Gasteiger partial charge in [-0.05, 0) is 62.2 Å². The highest BCUT2D eigenvalue weighted by Gasteiger charge is 2.14. The molecule has 0 spiro atoms. The SMILES string of the molecule is Cc1ccsc1C(=O)NCCC1CCCNC1.Cl. The fourth-order valence-corrected chi connectivity index (χ4v) is 3.09. The largest absolute Gasteiger partial charge is 0.351 e. The van der Waals surface area contributed by atoms with Gasteiger partial charge in [-0.2, -0.15) is 0 Å². The highest BCUT2D eigenvalue weighted by atomic mass is 35.5. The number of rotatable bonds is 4. The number of thiophene rings is 1. The molecule has 1 saturated heterocycles. The average Bonchev–Trinajstić information content (AvgIpc) is 2.77. The minimum atomic E-state index is 0. The molecular weight excluding hydrogens is 268 g/mol. The van der Waals surface area contributed by atoms with E-state index in [9.17, 15) is 4.79 Å². The van der Waals surface area contributed by atoms with Crippen LogP contribution in [-0.2, 0) is 0 Å². The van der Waals surface area contributed by atoms with Gasteiger partial charge in [-0.15, -0.1) is 23.7 Å². The Morgan fingerprint density at radius 1 is 1.61 bits per heavy atom. The standard InChI is InChI=1S/C13H20N2OS.ClH/c1-10-5-8-17-12(10)13(16)15-7-4-11-3-2-6-14-9-11;/h5,8,11,14H,2-4,6-7,9H2,1H3,(H,15,16);1H. The molecule has 0 saturated carbocycles. The molecule has 1 aromatic rings. The molecule has 0 aliphatic carbocycles. The van der Waals surface area contributed by atoms with E-state index in [0.29, 0.717) is 0 Å². The number of nitrogens with one attached hydrogen (secondary N) is 2.